The number of aromatic nitrogens is 1. The molecule has 2 aromatic rings. The number of pyridine rings is 1. The van der Waals surface area contributed by atoms with Crippen LogP contribution in [-0.4, -0.2) is 22.5 Å². The SMILES string of the molecule is Nc1ccc(NC2CCCSC2)c2ccncc12. The summed E-state index contributed by atoms with van der Waals surface area (Å²) in [6.45, 7) is 0. The summed E-state index contributed by atoms with van der Waals surface area (Å²) in [6, 6.07) is 6.65. The average Bonchev–Trinajstić information content (AvgIpc) is 2.44. The number of benzene rings is 1. The van der Waals surface area contributed by atoms with Crippen LogP contribution in [0.4, 0.5) is 11.4 Å². The fraction of sp³-hybridized carbons (Fsp3) is 0.357. The fourth-order valence-corrected chi connectivity index (χ4v) is 3.48. The van der Waals surface area contributed by atoms with Crippen LogP contribution in [0, 0.1) is 0 Å². The van der Waals surface area contributed by atoms with Gasteiger partial charge in [-0.2, -0.15) is 11.8 Å². The third kappa shape index (κ3) is 2.25. The maximum Gasteiger partial charge on any atom is 0.0424 e. The van der Waals surface area contributed by atoms with Gasteiger partial charge in [0.25, 0.3) is 0 Å². The molecular formula is C14H17N3S. The summed E-state index contributed by atoms with van der Waals surface area (Å²) in [5.74, 6) is 2.49. The van der Waals surface area contributed by atoms with Crippen molar-refractivity contribution in [3.63, 3.8) is 0 Å². The topological polar surface area (TPSA) is 50.9 Å². The van der Waals surface area contributed by atoms with Crippen LogP contribution < -0.4 is 11.1 Å². The minimum absolute atomic E-state index is 0.573. The van der Waals surface area contributed by atoms with Crippen LogP contribution in [0.15, 0.2) is 30.6 Å². The second-order valence-electron chi connectivity index (χ2n) is 4.68. The highest BCUT2D eigenvalue weighted by Crippen LogP contribution is 2.29. The third-order valence-corrected chi connectivity index (χ3v) is 4.59. The van der Waals surface area contributed by atoms with E-state index in [2.05, 4.69) is 16.4 Å². The first-order valence-electron chi connectivity index (χ1n) is 6.31. The number of nitrogens with one attached hydrogen (secondary N) is 1. The van der Waals surface area contributed by atoms with E-state index in [1.54, 1.807) is 0 Å². The van der Waals surface area contributed by atoms with E-state index in [1.807, 2.05) is 36.3 Å². The summed E-state index contributed by atoms with van der Waals surface area (Å²) < 4.78 is 0. The standard InChI is InChI=1S/C14H17N3S/c15-13-3-4-14(11-5-6-16-8-12(11)13)17-10-2-1-7-18-9-10/h3-6,8,10,17H,1-2,7,9,15H2. The predicted octanol–water partition coefficient (Wildman–Crippen LogP) is 3.12. The van der Waals surface area contributed by atoms with Crippen molar-refractivity contribution in [2.75, 3.05) is 22.6 Å². The van der Waals surface area contributed by atoms with Crippen molar-refractivity contribution in [3.8, 4) is 0 Å². The van der Waals surface area contributed by atoms with Gasteiger partial charge in [0.2, 0.25) is 0 Å². The van der Waals surface area contributed by atoms with Crippen LogP contribution >= 0.6 is 11.8 Å². The number of nitrogens with two attached hydrogens (primary N) is 1. The Morgan fingerprint density at radius 3 is 3.06 bits per heavy atom. The molecule has 1 unspecified atom stereocenters. The molecule has 18 heavy (non-hydrogen) atoms. The summed E-state index contributed by atoms with van der Waals surface area (Å²) in [6.07, 6.45) is 6.22. The van der Waals surface area contributed by atoms with Crippen LogP contribution in [0.1, 0.15) is 12.8 Å². The maximum absolute atomic E-state index is 5.99. The van der Waals surface area contributed by atoms with E-state index in [9.17, 15) is 0 Å². The predicted molar refractivity (Wildman–Crippen MR) is 80.1 cm³/mol. The van der Waals surface area contributed by atoms with Gasteiger partial charge in [0.15, 0.2) is 0 Å². The van der Waals surface area contributed by atoms with E-state index in [1.165, 1.54) is 35.4 Å². The van der Waals surface area contributed by atoms with Crippen molar-refractivity contribution in [2.45, 2.75) is 18.9 Å². The summed E-state index contributed by atoms with van der Waals surface area (Å²) >= 11 is 2.03. The number of nitrogens with zero attached hydrogens (tertiary/aromatic N) is 1. The molecule has 3 N–H and O–H groups in total. The molecule has 0 saturated carbocycles. The highest BCUT2D eigenvalue weighted by molar-refractivity contribution is 7.99. The van der Waals surface area contributed by atoms with Crippen molar-refractivity contribution < 1.29 is 0 Å². The Balaban J connectivity index is 1.94. The number of hydrogen-bond donors (Lipinski definition) is 2. The summed E-state index contributed by atoms with van der Waals surface area (Å²) in [5.41, 5.74) is 7.95. The number of nitrogen functional groups attached to an aromatic ring is 1. The second kappa shape index (κ2) is 5.06. The average molecular weight is 259 g/mol. The van der Waals surface area contributed by atoms with E-state index in [4.69, 9.17) is 5.73 Å². The number of anilines is 2. The molecule has 0 aliphatic carbocycles. The van der Waals surface area contributed by atoms with E-state index >= 15 is 0 Å². The van der Waals surface area contributed by atoms with Gasteiger partial charge in [-0.1, -0.05) is 0 Å². The Hall–Kier alpha value is -1.42. The fourth-order valence-electron chi connectivity index (χ4n) is 2.41. The Labute approximate surface area is 111 Å². The largest absolute Gasteiger partial charge is 0.398 e. The molecule has 1 aromatic carbocycles. The minimum atomic E-state index is 0.573. The lowest BCUT2D eigenvalue weighted by Crippen LogP contribution is -2.25. The third-order valence-electron chi connectivity index (χ3n) is 3.37. The Kier molecular flexibility index (Phi) is 3.28. The molecule has 94 valence electrons. The normalized spacial score (nSPS) is 19.9. The van der Waals surface area contributed by atoms with Gasteiger partial charge in [0.05, 0.1) is 0 Å². The van der Waals surface area contributed by atoms with E-state index in [-0.39, 0.29) is 0 Å². The van der Waals surface area contributed by atoms with Gasteiger partial charge >= 0.3 is 0 Å². The van der Waals surface area contributed by atoms with Crippen LogP contribution in [0.2, 0.25) is 0 Å². The Bertz CT molecular complexity index is 550. The van der Waals surface area contributed by atoms with Crippen LogP contribution in [0.25, 0.3) is 10.8 Å². The summed E-state index contributed by atoms with van der Waals surface area (Å²) in [4.78, 5) is 4.15. The molecule has 1 fully saturated rings. The molecule has 0 radical (unpaired) electrons. The van der Waals surface area contributed by atoms with Gasteiger partial charge < -0.3 is 11.1 Å². The molecule has 1 saturated heterocycles. The molecule has 1 atom stereocenters. The molecule has 0 amide bonds. The van der Waals surface area contributed by atoms with Gasteiger partial charge in [0.1, 0.15) is 0 Å². The van der Waals surface area contributed by atoms with E-state index in [0.717, 1.165) is 11.1 Å². The van der Waals surface area contributed by atoms with Gasteiger partial charge in [-0.15, -0.1) is 0 Å². The molecule has 2 heterocycles. The lowest BCUT2D eigenvalue weighted by molar-refractivity contribution is 0.686. The first-order chi connectivity index (χ1) is 8.84. The molecule has 4 heteroatoms. The van der Waals surface area contributed by atoms with E-state index in [0.29, 0.717) is 6.04 Å². The van der Waals surface area contributed by atoms with Gasteiger partial charge in [-0.25, -0.2) is 0 Å². The minimum Gasteiger partial charge on any atom is -0.398 e. The second-order valence-corrected chi connectivity index (χ2v) is 5.83. The number of fused-ring (bicyclic) bond motifs is 1. The Morgan fingerprint density at radius 2 is 2.22 bits per heavy atom. The lowest BCUT2D eigenvalue weighted by Gasteiger charge is -2.24. The molecule has 1 aliphatic rings. The first kappa shape index (κ1) is 11.7. The molecule has 3 nitrogen and oxygen atoms in total. The van der Waals surface area contributed by atoms with Gasteiger partial charge in [-0.3, -0.25) is 4.98 Å². The molecule has 3 rings (SSSR count). The quantitative estimate of drug-likeness (QED) is 0.814. The Morgan fingerprint density at radius 1 is 1.28 bits per heavy atom. The lowest BCUT2D eigenvalue weighted by atomic mass is 10.1. The van der Waals surface area contributed by atoms with Crippen molar-refractivity contribution in [1.29, 1.82) is 0 Å². The molecule has 0 bridgehead atoms. The van der Waals surface area contributed by atoms with Gasteiger partial charge in [-0.05, 0) is 36.8 Å². The summed E-state index contributed by atoms with van der Waals surface area (Å²) in [5, 5.41) is 5.85. The summed E-state index contributed by atoms with van der Waals surface area (Å²) in [7, 11) is 0. The van der Waals surface area contributed by atoms with E-state index < -0.39 is 0 Å². The van der Waals surface area contributed by atoms with Crippen LogP contribution in [0.5, 0.6) is 0 Å². The number of hydrogen-bond acceptors (Lipinski definition) is 4. The van der Waals surface area contributed by atoms with Crippen molar-refractivity contribution in [3.05, 3.63) is 30.6 Å². The zero-order chi connectivity index (χ0) is 12.4. The molecule has 1 aliphatic heterocycles. The highest BCUT2D eigenvalue weighted by Gasteiger charge is 2.14. The van der Waals surface area contributed by atoms with Crippen molar-refractivity contribution >= 4 is 33.9 Å². The van der Waals surface area contributed by atoms with Crippen molar-refractivity contribution in [2.24, 2.45) is 0 Å². The smallest absolute Gasteiger partial charge is 0.0424 e. The number of rotatable bonds is 2. The highest BCUT2D eigenvalue weighted by atomic mass is 32.2. The zero-order valence-electron chi connectivity index (χ0n) is 10.2. The van der Waals surface area contributed by atoms with Crippen LogP contribution in [-0.2, 0) is 0 Å². The number of thioether (sulfide) groups is 1. The first-order valence-corrected chi connectivity index (χ1v) is 7.46. The molecular weight excluding hydrogens is 242 g/mol. The molecule has 0 spiro atoms. The van der Waals surface area contributed by atoms with Gasteiger partial charge in [0, 0.05) is 46.3 Å². The zero-order valence-corrected chi connectivity index (χ0v) is 11.0. The van der Waals surface area contributed by atoms with Crippen molar-refractivity contribution in [1.82, 2.24) is 4.98 Å². The van der Waals surface area contributed by atoms with Crippen LogP contribution in [0.3, 0.4) is 0 Å². The monoisotopic (exact) mass is 259 g/mol. The molecule has 1 aromatic heterocycles. The maximum atomic E-state index is 5.99.